The third kappa shape index (κ3) is 11.7. The maximum absolute atomic E-state index is 10.9. The van der Waals surface area contributed by atoms with E-state index in [9.17, 15) is 18.7 Å². The van der Waals surface area contributed by atoms with Crippen LogP contribution < -0.4 is 0 Å². The number of carbonyl (C=O) groups is 2. The summed E-state index contributed by atoms with van der Waals surface area (Å²) in [4.78, 5) is 55.2. The van der Waals surface area contributed by atoms with Gasteiger partial charge in [0.2, 0.25) is 0 Å². The van der Waals surface area contributed by atoms with Crippen LogP contribution in [0.3, 0.4) is 0 Å². The van der Waals surface area contributed by atoms with Gasteiger partial charge in [0.25, 0.3) is 0 Å². The van der Waals surface area contributed by atoms with Crippen LogP contribution in [-0.2, 0) is 28.2 Å². The molecule has 0 amide bonds. The number of hydrogen-bond donors (Lipinski definition) is 4. The van der Waals surface area contributed by atoms with Crippen molar-refractivity contribution in [2.24, 2.45) is 0 Å². The first kappa shape index (κ1) is 17.2. The van der Waals surface area contributed by atoms with Crippen molar-refractivity contribution < 1.29 is 47.8 Å². The second-order valence-corrected chi connectivity index (χ2v) is 6.30. The van der Waals surface area contributed by atoms with E-state index in [1.54, 1.807) is 0 Å². The Kier molecular flexibility index (Phi) is 6.69. The molecule has 0 spiro atoms. The van der Waals surface area contributed by atoms with Crippen LogP contribution in [0, 0.1) is 0 Å². The molecule has 0 aromatic heterocycles. The van der Waals surface area contributed by atoms with E-state index >= 15 is 0 Å². The number of rotatable bonds is 7. The average Bonchev–Trinajstić information content (AvgIpc) is 2.18. The van der Waals surface area contributed by atoms with E-state index in [1.165, 1.54) is 0 Å². The molecule has 12 heteroatoms. The van der Waals surface area contributed by atoms with Crippen molar-refractivity contribution in [3.8, 4) is 0 Å². The van der Waals surface area contributed by atoms with Crippen LogP contribution in [0.2, 0.25) is 0 Å². The van der Waals surface area contributed by atoms with Crippen molar-refractivity contribution >= 4 is 27.1 Å². The lowest BCUT2D eigenvalue weighted by molar-refractivity contribution is -0.148. The molecule has 0 saturated carbocycles. The van der Waals surface area contributed by atoms with Gasteiger partial charge in [-0.1, -0.05) is 0 Å². The molecule has 0 aliphatic carbocycles. The minimum absolute atomic E-state index is 0.514. The molecule has 0 heterocycles. The van der Waals surface area contributed by atoms with Gasteiger partial charge in [-0.05, 0) is 0 Å². The van der Waals surface area contributed by atoms with Gasteiger partial charge in [-0.3, -0.25) is 18.7 Å². The molecule has 10 nitrogen and oxygen atoms in total. The fraction of sp³-hybridized carbons (Fsp3) is 0.667. The molecule has 0 aliphatic rings. The molecule has 0 aromatic rings. The Morgan fingerprint density at radius 3 is 1.28 bits per heavy atom. The maximum atomic E-state index is 10.9. The summed E-state index contributed by atoms with van der Waals surface area (Å²) in [6.07, 6.45) is -3.22. The quantitative estimate of drug-likeness (QED) is 0.342. The number of esters is 2. The standard InChI is InChI=1S/C6H12O10P2/c7-5(15-3-17(9,10)11)1-2-6(8)16-4-18(12,13)14/h1-4H2,(H2,9,10,11)(H2,12,13,14). The van der Waals surface area contributed by atoms with Crippen LogP contribution in [0.4, 0.5) is 0 Å². The SMILES string of the molecule is O=C(CCC(=O)OCP(=O)(O)O)OCP(=O)(O)O. The maximum Gasteiger partial charge on any atom is 0.362 e. The van der Waals surface area contributed by atoms with Crippen LogP contribution in [0.1, 0.15) is 12.8 Å². The van der Waals surface area contributed by atoms with Gasteiger partial charge in [-0.25, -0.2) is 0 Å². The molecule has 0 saturated heterocycles. The minimum Gasteiger partial charge on any atom is -0.453 e. The van der Waals surface area contributed by atoms with Crippen LogP contribution in [0.5, 0.6) is 0 Å². The second kappa shape index (κ2) is 6.98. The first-order chi connectivity index (χ1) is 7.99. The molecule has 0 radical (unpaired) electrons. The smallest absolute Gasteiger partial charge is 0.362 e. The summed E-state index contributed by atoms with van der Waals surface area (Å²) in [5, 5.41) is 0. The van der Waals surface area contributed by atoms with Crippen LogP contribution in [-0.4, -0.2) is 44.2 Å². The summed E-state index contributed by atoms with van der Waals surface area (Å²) in [6, 6.07) is 0. The first-order valence-electron chi connectivity index (χ1n) is 4.40. The molecule has 0 bridgehead atoms. The van der Waals surface area contributed by atoms with Crippen molar-refractivity contribution in [3.63, 3.8) is 0 Å². The minimum atomic E-state index is -4.46. The van der Waals surface area contributed by atoms with E-state index in [-0.39, 0.29) is 0 Å². The van der Waals surface area contributed by atoms with E-state index in [2.05, 4.69) is 9.47 Å². The van der Waals surface area contributed by atoms with E-state index in [0.717, 1.165) is 0 Å². The first-order valence-corrected chi connectivity index (χ1v) is 7.99. The summed E-state index contributed by atoms with van der Waals surface area (Å²) in [7, 11) is -8.93. The Hall–Kier alpha value is -0.760. The zero-order valence-corrected chi connectivity index (χ0v) is 10.8. The van der Waals surface area contributed by atoms with E-state index in [0.29, 0.717) is 0 Å². The molecule has 0 fully saturated rings. The lowest BCUT2D eigenvalue weighted by Crippen LogP contribution is -2.11. The van der Waals surface area contributed by atoms with Gasteiger partial charge in [0.05, 0.1) is 12.8 Å². The molecule has 0 rings (SSSR count). The zero-order chi connectivity index (χ0) is 14.4. The largest absolute Gasteiger partial charge is 0.453 e. The molecule has 0 aromatic carbocycles. The molecular weight excluding hydrogens is 294 g/mol. The van der Waals surface area contributed by atoms with Crippen LogP contribution in [0.15, 0.2) is 0 Å². The number of carbonyl (C=O) groups excluding carboxylic acids is 2. The molecule has 0 unspecified atom stereocenters. The second-order valence-electron chi connectivity index (χ2n) is 3.12. The van der Waals surface area contributed by atoms with Crippen molar-refractivity contribution in [1.29, 1.82) is 0 Å². The number of ether oxygens (including phenoxy) is 2. The van der Waals surface area contributed by atoms with Gasteiger partial charge in [-0.2, -0.15) is 0 Å². The van der Waals surface area contributed by atoms with Gasteiger partial charge < -0.3 is 29.0 Å². The zero-order valence-electron chi connectivity index (χ0n) is 8.96. The van der Waals surface area contributed by atoms with Gasteiger partial charge >= 0.3 is 27.1 Å². The average molecular weight is 306 g/mol. The topological polar surface area (TPSA) is 168 Å². The Morgan fingerprint density at radius 2 is 1.06 bits per heavy atom. The van der Waals surface area contributed by atoms with E-state index < -0.39 is 52.7 Å². The summed E-state index contributed by atoms with van der Waals surface area (Å²) in [5.41, 5.74) is 0. The Morgan fingerprint density at radius 1 is 0.778 bits per heavy atom. The highest BCUT2D eigenvalue weighted by Crippen LogP contribution is 2.34. The van der Waals surface area contributed by atoms with Crippen LogP contribution >= 0.6 is 15.2 Å². The summed E-state index contributed by atoms with van der Waals surface area (Å²) in [5.74, 6) is -2.07. The van der Waals surface area contributed by atoms with Gasteiger partial charge in [-0.15, -0.1) is 0 Å². The fourth-order valence-corrected chi connectivity index (χ4v) is 1.28. The van der Waals surface area contributed by atoms with Crippen molar-refractivity contribution in [3.05, 3.63) is 0 Å². The molecular formula is C6H12O10P2. The lowest BCUT2D eigenvalue weighted by atomic mass is 10.3. The summed E-state index contributed by atoms with van der Waals surface area (Å²) in [6.45, 7) is 0. The molecule has 18 heavy (non-hydrogen) atoms. The Bertz CT molecular complexity index is 353. The van der Waals surface area contributed by atoms with Gasteiger partial charge in [0.15, 0.2) is 12.7 Å². The highest BCUT2D eigenvalue weighted by Gasteiger charge is 2.19. The Labute approximate surface area is 101 Å². The van der Waals surface area contributed by atoms with Crippen molar-refractivity contribution in [1.82, 2.24) is 0 Å². The molecule has 106 valence electrons. The number of hydrogen-bond acceptors (Lipinski definition) is 6. The predicted molar refractivity (Wildman–Crippen MR) is 55.2 cm³/mol. The lowest BCUT2D eigenvalue weighted by Gasteiger charge is -2.07. The van der Waals surface area contributed by atoms with Crippen molar-refractivity contribution in [2.45, 2.75) is 12.8 Å². The molecule has 0 aliphatic heterocycles. The molecule has 0 atom stereocenters. The predicted octanol–water partition coefficient (Wildman–Crippen LogP) is -0.877. The van der Waals surface area contributed by atoms with E-state index in [1.807, 2.05) is 0 Å². The summed E-state index contributed by atoms with van der Waals surface area (Å²) < 4.78 is 28.9. The third-order valence-electron chi connectivity index (χ3n) is 1.32. The molecule has 4 N–H and O–H groups in total. The normalized spacial score (nSPS) is 12.0. The fourth-order valence-electron chi connectivity index (χ4n) is 0.661. The monoisotopic (exact) mass is 306 g/mol. The highest BCUT2D eigenvalue weighted by molar-refractivity contribution is 7.51. The Balaban J connectivity index is 3.83. The van der Waals surface area contributed by atoms with Gasteiger partial charge in [0, 0.05) is 0 Å². The summed E-state index contributed by atoms with van der Waals surface area (Å²) >= 11 is 0. The van der Waals surface area contributed by atoms with Crippen LogP contribution in [0.25, 0.3) is 0 Å². The van der Waals surface area contributed by atoms with E-state index in [4.69, 9.17) is 19.6 Å². The van der Waals surface area contributed by atoms with Gasteiger partial charge in [0.1, 0.15) is 0 Å². The highest BCUT2D eigenvalue weighted by atomic mass is 31.2. The van der Waals surface area contributed by atoms with Crippen molar-refractivity contribution in [2.75, 3.05) is 12.7 Å². The third-order valence-corrected chi connectivity index (χ3v) is 2.25.